The van der Waals surface area contributed by atoms with Crippen LogP contribution in [0.5, 0.6) is 0 Å². The lowest BCUT2D eigenvalue weighted by Crippen LogP contribution is -2.29. The summed E-state index contributed by atoms with van der Waals surface area (Å²) in [5, 5.41) is 33.8. The van der Waals surface area contributed by atoms with Gasteiger partial charge in [-0.25, -0.2) is 0 Å². The highest BCUT2D eigenvalue weighted by Crippen LogP contribution is 2.24. The molecule has 1 aromatic heterocycles. The van der Waals surface area contributed by atoms with E-state index in [-0.39, 0.29) is 11.6 Å². The van der Waals surface area contributed by atoms with Crippen LogP contribution in [0.25, 0.3) is 0 Å². The SMILES string of the molecule is O=[N+]([O-])C[C@H]1C([N+](=O)[O-])=CNc2nnnn21. The summed E-state index contributed by atoms with van der Waals surface area (Å²) >= 11 is 0. The Morgan fingerprint density at radius 1 is 1.50 bits per heavy atom. The fourth-order valence-electron chi connectivity index (χ4n) is 1.35. The predicted octanol–water partition coefficient (Wildman–Crippen LogP) is -0.966. The van der Waals surface area contributed by atoms with E-state index in [0.29, 0.717) is 0 Å². The summed E-state index contributed by atoms with van der Waals surface area (Å²) in [4.78, 5) is 19.7. The Balaban J connectivity index is 2.39. The molecule has 1 atom stereocenters. The first kappa shape index (κ1) is 9.95. The molecule has 11 nitrogen and oxygen atoms in total. The number of nitro groups is 2. The van der Waals surface area contributed by atoms with E-state index in [1.807, 2.05) is 0 Å². The molecule has 84 valence electrons. The molecule has 1 N–H and O–H groups in total. The second-order valence-corrected chi connectivity index (χ2v) is 2.95. The van der Waals surface area contributed by atoms with Crippen molar-refractivity contribution < 1.29 is 9.85 Å². The minimum absolute atomic E-state index is 0.137. The van der Waals surface area contributed by atoms with E-state index < -0.39 is 22.4 Å². The van der Waals surface area contributed by atoms with Gasteiger partial charge in [0.2, 0.25) is 18.5 Å². The molecule has 0 saturated carbocycles. The number of anilines is 1. The van der Waals surface area contributed by atoms with Crippen molar-refractivity contribution >= 4 is 5.95 Å². The lowest BCUT2D eigenvalue weighted by atomic mass is 10.2. The van der Waals surface area contributed by atoms with Crippen LogP contribution in [0, 0.1) is 20.2 Å². The van der Waals surface area contributed by atoms with Crippen molar-refractivity contribution in [1.29, 1.82) is 0 Å². The molecule has 0 spiro atoms. The van der Waals surface area contributed by atoms with Crippen molar-refractivity contribution in [2.45, 2.75) is 6.04 Å². The molecule has 1 aliphatic heterocycles. The number of hydrogen-bond acceptors (Lipinski definition) is 8. The largest absolute Gasteiger partial charge is 0.324 e. The molecule has 1 aromatic rings. The maximum Gasteiger partial charge on any atom is 0.293 e. The Labute approximate surface area is 87.0 Å². The van der Waals surface area contributed by atoms with Gasteiger partial charge in [0, 0.05) is 4.92 Å². The van der Waals surface area contributed by atoms with Crippen LogP contribution >= 0.6 is 0 Å². The van der Waals surface area contributed by atoms with E-state index in [2.05, 4.69) is 20.8 Å². The number of fused-ring (bicyclic) bond motifs is 1. The smallest absolute Gasteiger partial charge is 0.293 e. The van der Waals surface area contributed by atoms with Crippen LogP contribution in [0.1, 0.15) is 6.04 Å². The highest BCUT2D eigenvalue weighted by molar-refractivity contribution is 5.33. The fourth-order valence-corrected chi connectivity index (χ4v) is 1.35. The molecular weight excluding hydrogens is 222 g/mol. The molecule has 0 fully saturated rings. The van der Waals surface area contributed by atoms with Gasteiger partial charge in [-0.05, 0) is 10.4 Å². The molecule has 11 heteroatoms. The third-order valence-corrected chi connectivity index (χ3v) is 2.01. The number of nitrogens with zero attached hydrogens (tertiary/aromatic N) is 6. The van der Waals surface area contributed by atoms with Gasteiger partial charge < -0.3 is 5.32 Å². The van der Waals surface area contributed by atoms with Crippen LogP contribution in [-0.4, -0.2) is 36.6 Å². The molecule has 0 bridgehead atoms. The number of nitrogens with one attached hydrogen (secondary N) is 1. The number of tetrazole rings is 1. The van der Waals surface area contributed by atoms with E-state index in [1.54, 1.807) is 0 Å². The van der Waals surface area contributed by atoms with Crippen molar-refractivity contribution in [2.24, 2.45) is 0 Å². The van der Waals surface area contributed by atoms with E-state index in [9.17, 15) is 20.2 Å². The van der Waals surface area contributed by atoms with Crippen LogP contribution < -0.4 is 5.32 Å². The Morgan fingerprint density at radius 2 is 2.25 bits per heavy atom. The summed E-state index contributed by atoms with van der Waals surface area (Å²) in [6, 6.07) is -1.10. The van der Waals surface area contributed by atoms with E-state index in [0.717, 1.165) is 10.9 Å². The minimum atomic E-state index is -1.10. The van der Waals surface area contributed by atoms with Gasteiger partial charge in [-0.1, -0.05) is 5.10 Å². The highest BCUT2D eigenvalue weighted by atomic mass is 16.6. The zero-order chi connectivity index (χ0) is 11.7. The average molecular weight is 227 g/mol. The first-order valence-corrected chi connectivity index (χ1v) is 4.10. The standard InChI is InChI=1S/C5H5N7O4/c13-10(14)2-4-3(12(15)16)1-6-5-7-8-9-11(4)5/h1,4H,2H2,(H,6,7,9)/t4-/m0/s1. The summed E-state index contributed by atoms with van der Waals surface area (Å²) in [6.07, 6.45) is 1.06. The van der Waals surface area contributed by atoms with Crippen molar-refractivity contribution in [2.75, 3.05) is 11.9 Å². The summed E-state index contributed by atoms with van der Waals surface area (Å²) in [5.41, 5.74) is -0.350. The normalized spacial score (nSPS) is 18.2. The molecule has 0 aromatic carbocycles. The van der Waals surface area contributed by atoms with E-state index >= 15 is 0 Å². The van der Waals surface area contributed by atoms with Crippen molar-refractivity contribution in [3.05, 3.63) is 32.1 Å². The molecule has 2 heterocycles. The lowest BCUT2D eigenvalue weighted by molar-refractivity contribution is -0.498. The summed E-state index contributed by atoms with van der Waals surface area (Å²) < 4.78 is 1.01. The Morgan fingerprint density at radius 3 is 2.88 bits per heavy atom. The van der Waals surface area contributed by atoms with Crippen LogP contribution in [0.15, 0.2) is 11.9 Å². The lowest BCUT2D eigenvalue weighted by Gasteiger charge is -2.15. The number of aromatic nitrogens is 4. The second-order valence-electron chi connectivity index (χ2n) is 2.95. The molecule has 16 heavy (non-hydrogen) atoms. The van der Waals surface area contributed by atoms with Gasteiger partial charge in [0.05, 0.1) is 11.1 Å². The monoisotopic (exact) mass is 227 g/mol. The third-order valence-electron chi connectivity index (χ3n) is 2.01. The Kier molecular flexibility index (Phi) is 2.19. The Bertz CT molecular complexity index is 479. The predicted molar refractivity (Wildman–Crippen MR) is 47.4 cm³/mol. The highest BCUT2D eigenvalue weighted by Gasteiger charge is 2.37. The van der Waals surface area contributed by atoms with Crippen LogP contribution in [0.4, 0.5) is 5.95 Å². The van der Waals surface area contributed by atoms with E-state index in [4.69, 9.17) is 0 Å². The molecule has 0 amide bonds. The van der Waals surface area contributed by atoms with Gasteiger partial charge in [0.25, 0.3) is 5.70 Å². The zero-order valence-electron chi connectivity index (χ0n) is 7.68. The molecule has 1 aliphatic rings. The van der Waals surface area contributed by atoms with Crippen molar-refractivity contribution in [1.82, 2.24) is 20.2 Å². The summed E-state index contributed by atoms with van der Waals surface area (Å²) in [6.45, 7) is -0.646. The number of hydrogen-bond donors (Lipinski definition) is 1. The van der Waals surface area contributed by atoms with Crippen molar-refractivity contribution in [3.63, 3.8) is 0 Å². The summed E-state index contributed by atoms with van der Waals surface area (Å²) in [5.74, 6) is 0.137. The molecule has 0 radical (unpaired) electrons. The van der Waals surface area contributed by atoms with Gasteiger partial charge in [0.15, 0.2) is 0 Å². The van der Waals surface area contributed by atoms with Gasteiger partial charge in [-0.3, -0.25) is 20.2 Å². The molecule has 2 rings (SSSR count). The first-order valence-electron chi connectivity index (χ1n) is 4.10. The van der Waals surface area contributed by atoms with Crippen LogP contribution in [-0.2, 0) is 0 Å². The maximum atomic E-state index is 10.7. The van der Waals surface area contributed by atoms with Crippen LogP contribution in [0.3, 0.4) is 0 Å². The molecular formula is C5H5N7O4. The molecule has 0 unspecified atom stereocenters. The van der Waals surface area contributed by atoms with Gasteiger partial charge >= 0.3 is 0 Å². The van der Waals surface area contributed by atoms with E-state index in [1.165, 1.54) is 0 Å². The summed E-state index contributed by atoms with van der Waals surface area (Å²) in [7, 11) is 0. The van der Waals surface area contributed by atoms with Gasteiger partial charge in [-0.2, -0.15) is 4.68 Å². The fraction of sp³-hybridized carbons (Fsp3) is 0.400. The molecule has 0 saturated heterocycles. The third kappa shape index (κ3) is 1.53. The molecule has 0 aliphatic carbocycles. The van der Waals surface area contributed by atoms with Gasteiger partial charge in [-0.15, -0.1) is 0 Å². The Hall–Kier alpha value is -2.59. The average Bonchev–Trinajstić information content (AvgIpc) is 2.64. The quantitative estimate of drug-likeness (QED) is 0.513. The zero-order valence-corrected chi connectivity index (χ0v) is 7.68. The minimum Gasteiger partial charge on any atom is -0.324 e. The van der Waals surface area contributed by atoms with Gasteiger partial charge in [0.1, 0.15) is 0 Å². The second kappa shape index (κ2) is 3.52. The first-order chi connectivity index (χ1) is 7.59. The topological polar surface area (TPSA) is 142 Å². The van der Waals surface area contributed by atoms with Crippen LogP contribution in [0.2, 0.25) is 0 Å². The maximum absolute atomic E-state index is 10.7. The van der Waals surface area contributed by atoms with Crippen molar-refractivity contribution in [3.8, 4) is 0 Å². The number of rotatable bonds is 3.